The zero-order valence-corrected chi connectivity index (χ0v) is 9.48. The molecular formula is C9H13ClN4O2. The lowest BCUT2D eigenvalue weighted by molar-refractivity contribution is 0.0482. The molecule has 0 aliphatic carbocycles. The molecule has 2 N–H and O–H groups in total. The summed E-state index contributed by atoms with van der Waals surface area (Å²) in [6.45, 7) is 2.13. The second-order valence-electron chi connectivity index (χ2n) is 3.61. The first kappa shape index (κ1) is 11.3. The number of ether oxygens (including phenoxy) is 2. The molecule has 1 aromatic heterocycles. The van der Waals surface area contributed by atoms with Gasteiger partial charge in [0.15, 0.2) is 0 Å². The minimum absolute atomic E-state index is 0.0504. The number of halogens is 1. The van der Waals surface area contributed by atoms with Crippen molar-refractivity contribution in [1.82, 2.24) is 15.0 Å². The van der Waals surface area contributed by atoms with Crippen LogP contribution in [0, 0.1) is 5.92 Å². The number of hydrogen-bond donors (Lipinski definition) is 1. The van der Waals surface area contributed by atoms with Crippen LogP contribution in [0.4, 0.5) is 5.95 Å². The van der Waals surface area contributed by atoms with E-state index in [0.717, 1.165) is 26.1 Å². The second-order valence-corrected chi connectivity index (χ2v) is 3.95. The summed E-state index contributed by atoms with van der Waals surface area (Å²) in [7, 11) is 0. The highest BCUT2D eigenvalue weighted by molar-refractivity contribution is 6.28. The fraction of sp³-hybridized carbons (Fsp3) is 0.667. The first-order valence-electron chi connectivity index (χ1n) is 5.11. The predicted octanol–water partition coefficient (Wildman–Crippen LogP) is 0.913. The van der Waals surface area contributed by atoms with Gasteiger partial charge in [-0.2, -0.15) is 15.0 Å². The van der Waals surface area contributed by atoms with Gasteiger partial charge < -0.3 is 15.2 Å². The summed E-state index contributed by atoms with van der Waals surface area (Å²) in [5, 5.41) is 0.0504. The number of anilines is 1. The topological polar surface area (TPSA) is 83.2 Å². The molecular weight excluding hydrogens is 232 g/mol. The van der Waals surface area contributed by atoms with Crippen LogP contribution in [-0.2, 0) is 4.74 Å². The highest BCUT2D eigenvalue weighted by Gasteiger charge is 2.15. The van der Waals surface area contributed by atoms with Gasteiger partial charge >= 0.3 is 6.01 Å². The van der Waals surface area contributed by atoms with Gasteiger partial charge in [0, 0.05) is 13.2 Å². The molecule has 2 heterocycles. The van der Waals surface area contributed by atoms with Crippen molar-refractivity contribution < 1.29 is 9.47 Å². The maximum absolute atomic E-state index is 5.63. The molecule has 0 bridgehead atoms. The van der Waals surface area contributed by atoms with Crippen molar-refractivity contribution in [2.75, 3.05) is 25.6 Å². The van der Waals surface area contributed by atoms with Gasteiger partial charge in [-0.1, -0.05) is 0 Å². The van der Waals surface area contributed by atoms with Crippen LogP contribution in [0.25, 0.3) is 0 Å². The van der Waals surface area contributed by atoms with E-state index in [0.29, 0.717) is 12.5 Å². The maximum Gasteiger partial charge on any atom is 0.322 e. The average Bonchev–Trinajstić information content (AvgIpc) is 2.27. The Labute approximate surface area is 98.1 Å². The highest BCUT2D eigenvalue weighted by atomic mass is 35.5. The largest absolute Gasteiger partial charge is 0.463 e. The summed E-state index contributed by atoms with van der Waals surface area (Å²) in [6.07, 6.45) is 1.99. The SMILES string of the molecule is Nc1nc(Cl)nc(OCC2CCOCC2)n1. The van der Waals surface area contributed by atoms with Crippen molar-refractivity contribution in [2.24, 2.45) is 5.92 Å². The van der Waals surface area contributed by atoms with Crippen LogP contribution in [0.3, 0.4) is 0 Å². The van der Waals surface area contributed by atoms with E-state index in [4.69, 9.17) is 26.8 Å². The van der Waals surface area contributed by atoms with Crippen LogP contribution in [0.1, 0.15) is 12.8 Å². The van der Waals surface area contributed by atoms with Gasteiger partial charge in [0.25, 0.3) is 0 Å². The first-order chi connectivity index (χ1) is 7.74. The Bertz CT molecular complexity index is 337. The Morgan fingerprint density at radius 1 is 1.31 bits per heavy atom. The third-order valence-corrected chi connectivity index (χ3v) is 2.56. The number of aromatic nitrogens is 3. The number of nitrogens with zero attached hydrogens (tertiary/aromatic N) is 3. The van der Waals surface area contributed by atoms with Gasteiger partial charge in [0.1, 0.15) is 0 Å². The number of nitrogen functional groups attached to an aromatic ring is 1. The summed E-state index contributed by atoms with van der Waals surface area (Å²) < 4.78 is 10.7. The Morgan fingerprint density at radius 2 is 2.06 bits per heavy atom. The van der Waals surface area contributed by atoms with E-state index in [-0.39, 0.29) is 17.2 Å². The molecule has 0 saturated carbocycles. The summed E-state index contributed by atoms with van der Waals surface area (Å²) >= 11 is 5.63. The van der Waals surface area contributed by atoms with Gasteiger partial charge in [-0.25, -0.2) is 0 Å². The molecule has 0 unspecified atom stereocenters. The average molecular weight is 245 g/mol. The summed E-state index contributed by atoms with van der Waals surface area (Å²) in [4.78, 5) is 11.3. The molecule has 0 atom stereocenters. The molecule has 7 heteroatoms. The zero-order valence-electron chi connectivity index (χ0n) is 8.73. The molecule has 6 nitrogen and oxygen atoms in total. The molecule has 0 aromatic carbocycles. The quantitative estimate of drug-likeness (QED) is 0.851. The zero-order chi connectivity index (χ0) is 11.4. The fourth-order valence-electron chi connectivity index (χ4n) is 1.52. The van der Waals surface area contributed by atoms with Crippen LogP contribution in [-0.4, -0.2) is 34.8 Å². The van der Waals surface area contributed by atoms with Crippen LogP contribution >= 0.6 is 11.6 Å². The minimum Gasteiger partial charge on any atom is -0.463 e. The number of rotatable bonds is 3. The lowest BCUT2D eigenvalue weighted by atomic mass is 10.0. The van der Waals surface area contributed by atoms with E-state index in [1.807, 2.05) is 0 Å². The molecule has 1 aliphatic heterocycles. The van der Waals surface area contributed by atoms with E-state index >= 15 is 0 Å². The molecule has 16 heavy (non-hydrogen) atoms. The molecule has 1 aliphatic rings. The summed E-state index contributed by atoms with van der Waals surface area (Å²) in [6, 6.07) is 0.184. The van der Waals surface area contributed by atoms with E-state index in [2.05, 4.69) is 15.0 Å². The molecule has 0 spiro atoms. The Hall–Kier alpha value is -1.14. The van der Waals surface area contributed by atoms with E-state index in [1.54, 1.807) is 0 Å². The summed E-state index contributed by atoms with van der Waals surface area (Å²) in [5.74, 6) is 0.549. The van der Waals surface area contributed by atoms with Crippen molar-refractivity contribution in [2.45, 2.75) is 12.8 Å². The second kappa shape index (κ2) is 5.27. The highest BCUT2D eigenvalue weighted by Crippen LogP contribution is 2.16. The standard InChI is InChI=1S/C9H13ClN4O2/c10-7-12-8(11)14-9(13-7)16-5-6-1-3-15-4-2-6/h6H,1-5H2,(H2,11,12,13,14). The van der Waals surface area contributed by atoms with E-state index < -0.39 is 0 Å². The smallest absolute Gasteiger partial charge is 0.322 e. The molecule has 0 radical (unpaired) electrons. The van der Waals surface area contributed by atoms with Crippen molar-refractivity contribution in [1.29, 1.82) is 0 Å². The molecule has 1 aromatic rings. The molecule has 0 amide bonds. The van der Waals surface area contributed by atoms with Crippen LogP contribution < -0.4 is 10.5 Å². The van der Waals surface area contributed by atoms with Gasteiger partial charge in [-0.3, -0.25) is 0 Å². The molecule has 1 fully saturated rings. The molecule has 2 rings (SSSR count). The molecule has 88 valence electrons. The Balaban J connectivity index is 1.88. The Morgan fingerprint density at radius 3 is 2.75 bits per heavy atom. The van der Waals surface area contributed by atoms with Crippen molar-refractivity contribution in [3.05, 3.63) is 5.28 Å². The van der Waals surface area contributed by atoms with Crippen LogP contribution in [0.5, 0.6) is 6.01 Å². The fourth-order valence-corrected chi connectivity index (χ4v) is 1.68. The van der Waals surface area contributed by atoms with Gasteiger partial charge in [-0.15, -0.1) is 0 Å². The van der Waals surface area contributed by atoms with Crippen LogP contribution in [0.15, 0.2) is 0 Å². The number of hydrogen-bond acceptors (Lipinski definition) is 6. The normalized spacial score (nSPS) is 17.3. The van der Waals surface area contributed by atoms with Gasteiger partial charge in [0.2, 0.25) is 11.2 Å². The molecule has 1 saturated heterocycles. The minimum atomic E-state index is 0.0504. The van der Waals surface area contributed by atoms with Crippen molar-refractivity contribution >= 4 is 17.5 Å². The lowest BCUT2D eigenvalue weighted by Gasteiger charge is -2.21. The third-order valence-electron chi connectivity index (χ3n) is 2.39. The first-order valence-corrected chi connectivity index (χ1v) is 5.49. The van der Waals surface area contributed by atoms with Gasteiger partial charge in [-0.05, 0) is 30.4 Å². The summed E-state index contributed by atoms with van der Waals surface area (Å²) in [5.41, 5.74) is 5.42. The predicted molar refractivity (Wildman–Crippen MR) is 58.3 cm³/mol. The maximum atomic E-state index is 5.63. The van der Waals surface area contributed by atoms with Gasteiger partial charge in [0.05, 0.1) is 6.61 Å². The number of nitrogens with two attached hydrogens (primary N) is 1. The van der Waals surface area contributed by atoms with E-state index in [1.165, 1.54) is 0 Å². The van der Waals surface area contributed by atoms with E-state index in [9.17, 15) is 0 Å². The monoisotopic (exact) mass is 244 g/mol. The lowest BCUT2D eigenvalue weighted by Crippen LogP contribution is -2.22. The van der Waals surface area contributed by atoms with Crippen molar-refractivity contribution in [3.63, 3.8) is 0 Å². The van der Waals surface area contributed by atoms with Crippen molar-refractivity contribution in [3.8, 4) is 6.01 Å². The van der Waals surface area contributed by atoms with Crippen LogP contribution in [0.2, 0.25) is 5.28 Å². The third kappa shape index (κ3) is 3.18. The Kier molecular flexibility index (Phi) is 3.74.